The molecule has 0 saturated carbocycles. The van der Waals surface area contributed by atoms with Gasteiger partial charge in [-0.3, -0.25) is 14.4 Å². The molecule has 3 N–H and O–H groups in total. The second kappa shape index (κ2) is 20.9. The van der Waals surface area contributed by atoms with Gasteiger partial charge in [0.15, 0.2) is 0 Å². The number of carbonyl (C=O) groups is 3. The number of amides is 2. The number of benzene rings is 4. The molecule has 4 atom stereocenters. The van der Waals surface area contributed by atoms with E-state index in [0.717, 1.165) is 28.0 Å². The lowest BCUT2D eigenvalue weighted by Crippen LogP contribution is -2.42. The maximum absolute atomic E-state index is 13.4. The van der Waals surface area contributed by atoms with Gasteiger partial charge in [0.25, 0.3) is 0 Å². The first-order valence-corrected chi connectivity index (χ1v) is 17.3. The number of ether oxygens (including phenoxy) is 2. The Hall–Kier alpha value is -5.47. The molecule has 0 aliphatic rings. The summed E-state index contributed by atoms with van der Waals surface area (Å²) in [6.07, 6.45) is 4.08. The molecule has 0 radical (unpaired) electrons. The van der Waals surface area contributed by atoms with Gasteiger partial charge in [0.2, 0.25) is 11.8 Å². The lowest BCUT2D eigenvalue weighted by molar-refractivity contribution is -0.154. The first kappa shape index (κ1) is 38.3. The molecular weight excluding hydrogens is 640 g/mol. The Labute approximate surface area is 301 Å². The molecular formula is C43H48N2O6. The molecule has 0 heterocycles. The van der Waals surface area contributed by atoms with Crippen molar-refractivity contribution < 1.29 is 29.0 Å². The third kappa shape index (κ3) is 13.1. The predicted octanol–water partition coefficient (Wildman–Crippen LogP) is 6.70. The number of aliphatic hydroxyl groups is 1. The molecule has 2 amide bonds. The van der Waals surface area contributed by atoms with Crippen molar-refractivity contribution in [1.82, 2.24) is 10.6 Å². The predicted molar refractivity (Wildman–Crippen MR) is 200 cm³/mol. The normalized spacial score (nSPS) is 13.1. The van der Waals surface area contributed by atoms with Gasteiger partial charge >= 0.3 is 5.97 Å². The summed E-state index contributed by atoms with van der Waals surface area (Å²) in [5.41, 5.74) is 3.74. The lowest BCUT2D eigenvalue weighted by Gasteiger charge is -2.24. The molecule has 0 bridgehead atoms. The number of aliphatic hydroxyl groups excluding tert-OH is 1. The standard InChI is InChI=1S/C43H48N2O6/c1-3-14-36(28-41(47)45-38(30-46)27-33-22-24-39(25-23-33)50-31-34-18-10-6-11-19-34)42(48)44-29-40(35-20-12-7-13-21-35)51-43(49)37(15-4-2)26-32-16-8-5-9-17-32/h3-13,16-25,36-38,40,46H,1-2,14-15,26-31H2,(H,44,48)(H,45,47)/t36-,37+,38-,40-/m0/s1. The van der Waals surface area contributed by atoms with Crippen LogP contribution >= 0.6 is 0 Å². The molecule has 4 aromatic rings. The Balaban J connectivity index is 1.32. The quantitative estimate of drug-likeness (QED) is 0.0663. The van der Waals surface area contributed by atoms with Crippen molar-refractivity contribution in [3.05, 3.63) is 163 Å². The summed E-state index contributed by atoms with van der Waals surface area (Å²) in [6, 6.07) is 35.9. The molecule has 8 heteroatoms. The van der Waals surface area contributed by atoms with Crippen LogP contribution in [0.4, 0.5) is 0 Å². The minimum atomic E-state index is -0.738. The fourth-order valence-electron chi connectivity index (χ4n) is 5.74. The van der Waals surface area contributed by atoms with Crippen molar-refractivity contribution in [2.75, 3.05) is 13.2 Å². The van der Waals surface area contributed by atoms with Crippen LogP contribution in [0, 0.1) is 11.8 Å². The van der Waals surface area contributed by atoms with E-state index < -0.39 is 24.0 Å². The van der Waals surface area contributed by atoms with Gasteiger partial charge in [0.05, 0.1) is 31.0 Å². The molecule has 0 unspecified atom stereocenters. The van der Waals surface area contributed by atoms with E-state index in [2.05, 4.69) is 23.8 Å². The van der Waals surface area contributed by atoms with Gasteiger partial charge in [-0.1, -0.05) is 115 Å². The molecule has 51 heavy (non-hydrogen) atoms. The van der Waals surface area contributed by atoms with Crippen LogP contribution in [0.15, 0.2) is 141 Å². The van der Waals surface area contributed by atoms with Crippen LogP contribution in [0.1, 0.15) is 47.6 Å². The monoisotopic (exact) mass is 688 g/mol. The van der Waals surface area contributed by atoms with Crippen molar-refractivity contribution >= 4 is 17.8 Å². The molecule has 8 nitrogen and oxygen atoms in total. The van der Waals surface area contributed by atoms with Crippen LogP contribution in [0.25, 0.3) is 0 Å². The average Bonchev–Trinajstić information content (AvgIpc) is 3.16. The highest BCUT2D eigenvalue weighted by Gasteiger charge is 2.27. The summed E-state index contributed by atoms with van der Waals surface area (Å²) in [7, 11) is 0. The van der Waals surface area contributed by atoms with Crippen molar-refractivity contribution in [2.24, 2.45) is 11.8 Å². The van der Waals surface area contributed by atoms with Gasteiger partial charge in [-0.05, 0) is 60.1 Å². The van der Waals surface area contributed by atoms with Crippen LogP contribution in [0.2, 0.25) is 0 Å². The van der Waals surface area contributed by atoms with E-state index in [1.54, 1.807) is 12.2 Å². The van der Waals surface area contributed by atoms with Gasteiger partial charge in [-0.2, -0.15) is 0 Å². The van der Waals surface area contributed by atoms with Gasteiger partial charge < -0.3 is 25.2 Å². The van der Waals surface area contributed by atoms with Crippen LogP contribution in [-0.2, 0) is 38.6 Å². The molecule has 4 aromatic carbocycles. The first-order chi connectivity index (χ1) is 24.9. The minimum absolute atomic E-state index is 0.0281. The molecule has 0 aliphatic carbocycles. The Morgan fingerprint density at radius 3 is 1.88 bits per heavy atom. The molecule has 0 spiro atoms. The molecule has 0 saturated heterocycles. The average molecular weight is 689 g/mol. The van der Waals surface area contributed by atoms with Gasteiger partial charge in [0, 0.05) is 6.42 Å². The van der Waals surface area contributed by atoms with E-state index in [-0.39, 0.29) is 43.8 Å². The van der Waals surface area contributed by atoms with Crippen molar-refractivity contribution in [3.8, 4) is 5.75 Å². The van der Waals surface area contributed by atoms with Crippen LogP contribution in [-0.4, -0.2) is 42.1 Å². The third-order valence-corrected chi connectivity index (χ3v) is 8.49. The van der Waals surface area contributed by atoms with E-state index in [1.807, 2.05) is 115 Å². The molecule has 4 rings (SSSR count). The zero-order chi connectivity index (χ0) is 36.3. The molecule has 0 aromatic heterocycles. The Kier molecular flexibility index (Phi) is 15.7. The van der Waals surface area contributed by atoms with Gasteiger partial charge in [0.1, 0.15) is 18.5 Å². The summed E-state index contributed by atoms with van der Waals surface area (Å²) >= 11 is 0. The zero-order valence-electron chi connectivity index (χ0n) is 29.0. The summed E-state index contributed by atoms with van der Waals surface area (Å²) in [5.74, 6) is -1.53. The highest BCUT2D eigenvalue weighted by molar-refractivity contribution is 5.86. The first-order valence-electron chi connectivity index (χ1n) is 17.3. The lowest BCUT2D eigenvalue weighted by atomic mass is 9.96. The van der Waals surface area contributed by atoms with Crippen LogP contribution in [0.3, 0.4) is 0 Å². The Morgan fingerprint density at radius 1 is 0.706 bits per heavy atom. The summed E-state index contributed by atoms with van der Waals surface area (Å²) in [6.45, 7) is 7.81. The maximum atomic E-state index is 13.4. The van der Waals surface area contributed by atoms with E-state index in [0.29, 0.717) is 25.9 Å². The SMILES string of the molecule is C=CC[C@@H](CC(=O)N[C@H](CO)Cc1ccc(OCc2ccccc2)cc1)C(=O)NC[C@H](OC(=O)[C@H](CC=C)Cc1ccccc1)c1ccccc1. The third-order valence-electron chi connectivity index (χ3n) is 8.49. The smallest absolute Gasteiger partial charge is 0.310 e. The number of hydrogen-bond donors (Lipinski definition) is 3. The fourth-order valence-corrected chi connectivity index (χ4v) is 5.74. The number of esters is 1. The number of carbonyl (C=O) groups excluding carboxylic acids is 3. The van der Waals surface area contributed by atoms with E-state index in [9.17, 15) is 19.5 Å². The number of rotatable bonds is 21. The topological polar surface area (TPSA) is 114 Å². The summed E-state index contributed by atoms with van der Waals surface area (Å²) < 4.78 is 11.9. The highest BCUT2D eigenvalue weighted by Crippen LogP contribution is 2.23. The Morgan fingerprint density at radius 2 is 1.27 bits per heavy atom. The summed E-state index contributed by atoms with van der Waals surface area (Å²) in [4.78, 5) is 40.0. The van der Waals surface area contributed by atoms with Crippen molar-refractivity contribution in [3.63, 3.8) is 0 Å². The zero-order valence-corrected chi connectivity index (χ0v) is 29.0. The van der Waals surface area contributed by atoms with E-state index in [4.69, 9.17) is 9.47 Å². The second-order valence-corrected chi connectivity index (χ2v) is 12.5. The second-order valence-electron chi connectivity index (χ2n) is 12.5. The van der Waals surface area contributed by atoms with Crippen molar-refractivity contribution in [2.45, 2.75) is 50.9 Å². The molecule has 0 fully saturated rings. The Bertz CT molecular complexity index is 1660. The van der Waals surface area contributed by atoms with E-state index >= 15 is 0 Å². The van der Waals surface area contributed by atoms with Gasteiger partial charge in [-0.25, -0.2) is 0 Å². The molecule has 266 valence electrons. The highest BCUT2D eigenvalue weighted by atomic mass is 16.5. The van der Waals surface area contributed by atoms with Crippen molar-refractivity contribution in [1.29, 1.82) is 0 Å². The fraction of sp³-hybridized carbons (Fsp3) is 0.279. The number of hydrogen-bond acceptors (Lipinski definition) is 6. The van der Waals surface area contributed by atoms with Gasteiger partial charge in [-0.15, -0.1) is 13.2 Å². The maximum Gasteiger partial charge on any atom is 0.310 e. The van der Waals surface area contributed by atoms with E-state index in [1.165, 1.54) is 0 Å². The molecule has 0 aliphatic heterocycles. The van der Waals surface area contributed by atoms with Crippen LogP contribution < -0.4 is 15.4 Å². The summed E-state index contributed by atoms with van der Waals surface area (Å²) in [5, 5.41) is 15.8. The number of nitrogens with one attached hydrogen (secondary N) is 2. The van der Waals surface area contributed by atoms with Crippen LogP contribution in [0.5, 0.6) is 5.75 Å². The minimum Gasteiger partial charge on any atom is -0.489 e. The largest absolute Gasteiger partial charge is 0.489 e. The number of allylic oxidation sites excluding steroid dienone is 2.